The number of halogens is 1. The zero-order chi connectivity index (χ0) is 14.8. The Hall–Kier alpha value is -2.33. The third kappa shape index (κ3) is 2.90. The van der Waals surface area contributed by atoms with E-state index in [0.717, 1.165) is 16.5 Å². The fourth-order valence-electron chi connectivity index (χ4n) is 2.22. The third-order valence-electron chi connectivity index (χ3n) is 3.40. The van der Waals surface area contributed by atoms with Gasteiger partial charge in [0, 0.05) is 16.0 Å². The Morgan fingerprint density at radius 2 is 2.14 bits per heavy atom. The van der Waals surface area contributed by atoms with Crippen LogP contribution in [0.5, 0.6) is 0 Å². The number of hydrogen-bond acceptors (Lipinski definition) is 2. The van der Waals surface area contributed by atoms with Crippen LogP contribution in [0.1, 0.15) is 28.9 Å². The number of carbonyl (C=O) groups excluding carboxylic acids is 1. The highest BCUT2D eigenvalue weighted by Crippen LogP contribution is 2.18. The van der Waals surface area contributed by atoms with E-state index < -0.39 is 0 Å². The van der Waals surface area contributed by atoms with Crippen LogP contribution >= 0.6 is 11.6 Å². The number of amides is 1. The van der Waals surface area contributed by atoms with E-state index in [1.807, 2.05) is 37.3 Å². The number of nitrogens with one attached hydrogen (secondary N) is 2. The Morgan fingerprint density at radius 1 is 1.29 bits per heavy atom. The van der Waals surface area contributed by atoms with Crippen LogP contribution in [0.4, 0.5) is 0 Å². The van der Waals surface area contributed by atoms with Gasteiger partial charge in [-0.1, -0.05) is 29.8 Å². The summed E-state index contributed by atoms with van der Waals surface area (Å²) in [5, 5.41) is 11.4. The van der Waals surface area contributed by atoms with Crippen molar-refractivity contribution < 1.29 is 4.79 Å². The number of H-pyrrole nitrogens is 1. The average molecular weight is 300 g/mol. The number of benzene rings is 2. The van der Waals surface area contributed by atoms with Gasteiger partial charge in [-0.25, -0.2) is 0 Å². The molecule has 0 radical (unpaired) electrons. The number of rotatable bonds is 3. The Kier molecular flexibility index (Phi) is 3.62. The Labute approximate surface area is 127 Å². The minimum absolute atomic E-state index is 0.117. The molecular formula is C16H14ClN3O. The van der Waals surface area contributed by atoms with Crippen LogP contribution in [0.2, 0.25) is 5.02 Å². The molecule has 2 N–H and O–H groups in total. The van der Waals surface area contributed by atoms with Crippen molar-refractivity contribution in [2.24, 2.45) is 0 Å². The normalized spacial score (nSPS) is 12.3. The standard InChI is InChI=1S/C16H14ClN3O/c1-10(11-3-2-4-14(17)7-11)19-16(21)12-5-6-13-9-18-20-15(13)8-12/h2-10H,1H3,(H,18,20)(H,19,21). The predicted molar refractivity (Wildman–Crippen MR) is 83.4 cm³/mol. The lowest BCUT2D eigenvalue weighted by Gasteiger charge is -2.14. The second-order valence-corrected chi connectivity index (χ2v) is 5.36. The van der Waals surface area contributed by atoms with E-state index in [1.54, 1.807) is 18.3 Å². The predicted octanol–water partition coefficient (Wildman–Crippen LogP) is 3.71. The van der Waals surface area contributed by atoms with Crippen LogP contribution in [-0.4, -0.2) is 16.1 Å². The molecule has 3 aromatic rings. The summed E-state index contributed by atoms with van der Waals surface area (Å²) in [5.41, 5.74) is 2.41. The van der Waals surface area contributed by atoms with Crippen molar-refractivity contribution >= 4 is 28.4 Å². The lowest BCUT2D eigenvalue weighted by atomic mass is 10.1. The van der Waals surface area contributed by atoms with Gasteiger partial charge in [-0.15, -0.1) is 0 Å². The monoisotopic (exact) mass is 299 g/mol. The number of nitrogens with zero attached hydrogens (tertiary/aromatic N) is 1. The summed E-state index contributed by atoms with van der Waals surface area (Å²) in [6, 6.07) is 12.8. The minimum atomic E-state index is -0.126. The SMILES string of the molecule is CC(NC(=O)c1ccc2cn[nH]c2c1)c1cccc(Cl)c1. The molecule has 0 saturated carbocycles. The molecule has 1 aromatic heterocycles. The first-order valence-electron chi connectivity index (χ1n) is 6.63. The van der Waals surface area contributed by atoms with Gasteiger partial charge in [0.15, 0.2) is 0 Å². The van der Waals surface area contributed by atoms with Crippen molar-refractivity contribution in [2.75, 3.05) is 0 Å². The van der Waals surface area contributed by atoms with Crippen molar-refractivity contribution in [3.05, 3.63) is 64.8 Å². The lowest BCUT2D eigenvalue weighted by Crippen LogP contribution is -2.26. The molecule has 5 heteroatoms. The molecule has 106 valence electrons. The maximum Gasteiger partial charge on any atom is 0.251 e. The Morgan fingerprint density at radius 3 is 2.95 bits per heavy atom. The molecule has 1 heterocycles. The first-order valence-corrected chi connectivity index (χ1v) is 7.01. The van der Waals surface area contributed by atoms with Gasteiger partial charge in [0.2, 0.25) is 0 Å². The van der Waals surface area contributed by atoms with Gasteiger partial charge in [0.25, 0.3) is 5.91 Å². The molecule has 4 nitrogen and oxygen atoms in total. The number of fused-ring (bicyclic) bond motifs is 1. The van der Waals surface area contributed by atoms with Gasteiger partial charge < -0.3 is 5.32 Å². The molecule has 0 aliphatic rings. The summed E-state index contributed by atoms with van der Waals surface area (Å²) >= 11 is 5.97. The Bertz CT molecular complexity index is 797. The molecule has 2 aromatic carbocycles. The molecule has 1 amide bonds. The maximum absolute atomic E-state index is 12.3. The second-order valence-electron chi connectivity index (χ2n) is 4.92. The molecule has 1 atom stereocenters. The van der Waals surface area contributed by atoms with Gasteiger partial charge in [0.05, 0.1) is 17.8 Å². The summed E-state index contributed by atoms with van der Waals surface area (Å²) in [6.45, 7) is 1.93. The summed E-state index contributed by atoms with van der Waals surface area (Å²) < 4.78 is 0. The molecule has 0 saturated heterocycles. The van der Waals surface area contributed by atoms with E-state index in [2.05, 4.69) is 15.5 Å². The van der Waals surface area contributed by atoms with Crippen LogP contribution in [0.25, 0.3) is 10.9 Å². The smallest absolute Gasteiger partial charge is 0.251 e. The Balaban J connectivity index is 1.79. The van der Waals surface area contributed by atoms with Gasteiger partial charge in [-0.2, -0.15) is 5.10 Å². The van der Waals surface area contributed by atoms with Crippen molar-refractivity contribution in [3.8, 4) is 0 Å². The number of hydrogen-bond donors (Lipinski definition) is 2. The van der Waals surface area contributed by atoms with Gasteiger partial charge in [-0.05, 0) is 36.8 Å². The van der Waals surface area contributed by atoms with Crippen molar-refractivity contribution in [3.63, 3.8) is 0 Å². The fraction of sp³-hybridized carbons (Fsp3) is 0.125. The maximum atomic E-state index is 12.3. The second kappa shape index (κ2) is 5.58. The topological polar surface area (TPSA) is 57.8 Å². The van der Waals surface area contributed by atoms with Gasteiger partial charge >= 0.3 is 0 Å². The van der Waals surface area contributed by atoms with Crippen LogP contribution in [0.15, 0.2) is 48.7 Å². The van der Waals surface area contributed by atoms with Gasteiger partial charge in [0.1, 0.15) is 0 Å². The van der Waals surface area contributed by atoms with Gasteiger partial charge in [-0.3, -0.25) is 9.89 Å². The molecule has 0 bridgehead atoms. The highest BCUT2D eigenvalue weighted by atomic mass is 35.5. The van der Waals surface area contributed by atoms with E-state index >= 15 is 0 Å². The van der Waals surface area contributed by atoms with E-state index in [-0.39, 0.29) is 11.9 Å². The van der Waals surface area contributed by atoms with Crippen LogP contribution < -0.4 is 5.32 Å². The summed E-state index contributed by atoms with van der Waals surface area (Å²) in [5.74, 6) is -0.126. The first-order chi connectivity index (χ1) is 10.1. The number of carbonyl (C=O) groups is 1. The van der Waals surface area contributed by atoms with E-state index in [4.69, 9.17) is 11.6 Å². The zero-order valence-electron chi connectivity index (χ0n) is 11.4. The minimum Gasteiger partial charge on any atom is -0.346 e. The van der Waals surface area contributed by atoms with Crippen molar-refractivity contribution in [2.45, 2.75) is 13.0 Å². The zero-order valence-corrected chi connectivity index (χ0v) is 12.2. The van der Waals surface area contributed by atoms with Crippen LogP contribution in [-0.2, 0) is 0 Å². The highest BCUT2D eigenvalue weighted by molar-refractivity contribution is 6.30. The quantitative estimate of drug-likeness (QED) is 0.774. The summed E-state index contributed by atoms with van der Waals surface area (Å²) in [4.78, 5) is 12.3. The molecule has 1 unspecified atom stereocenters. The fourth-order valence-corrected chi connectivity index (χ4v) is 2.42. The molecule has 0 fully saturated rings. The molecule has 0 aliphatic heterocycles. The van der Waals surface area contributed by atoms with E-state index in [1.165, 1.54) is 0 Å². The van der Waals surface area contributed by atoms with Crippen molar-refractivity contribution in [1.29, 1.82) is 0 Å². The van der Waals surface area contributed by atoms with Crippen LogP contribution in [0.3, 0.4) is 0 Å². The van der Waals surface area contributed by atoms with E-state index in [0.29, 0.717) is 10.6 Å². The lowest BCUT2D eigenvalue weighted by molar-refractivity contribution is 0.0940. The molecule has 0 aliphatic carbocycles. The number of aromatic nitrogens is 2. The summed E-state index contributed by atoms with van der Waals surface area (Å²) in [6.07, 6.45) is 1.73. The van der Waals surface area contributed by atoms with Crippen LogP contribution in [0, 0.1) is 0 Å². The highest BCUT2D eigenvalue weighted by Gasteiger charge is 2.12. The summed E-state index contributed by atoms with van der Waals surface area (Å²) in [7, 11) is 0. The first kappa shape index (κ1) is 13.6. The largest absolute Gasteiger partial charge is 0.346 e. The molecule has 3 rings (SSSR count). The number of aromatic amines is 1. The van der Waals surface area contributed by atoms with Crippen molar-refractivity contribution in [1.82, 2.24) is 15.5 Å². The third-order valence-corrected chi connectivity index (χ3v) is 3.64. The molecular weight excluding hydrogens is 286 g/mol. The molecule has 0 spiro atoms. The average Bonchev–Trinajstić information content (AvgIpc) is 2.94. The van der Waals surface area contributed by atoms with E-state index in [9.17, 15) is 4.79 Å². The molecule has 21 heavy (non-hydrogen) atoms.